The molecule has 1 rings (SSSR count). The molecule has 148 valence electrons. The lowest BCUT2D eigenvalue weighted by atomic mass is 9.89. The summed E-state index contributed by atoms with van der Waals surface area (Å²) in [6.45, 7) is 11.1. The van der Waals surface area contributed by atoms with Crippen LogP contribution >= 0.6 is 11.8 Å². The van der Waals surface area contributed by atoms with Gasteiger partial charge in [-0.05, 0) is 12.3 Å². The molecule has 2 N–H and O–H groups in total. The zero-order valence-corrected chi connectivity index (χ0v) is 17.8. The summed E-state index contributed by atoms with van der Waals surface area (Å²) in [7, 11) is -1.51. The van der Waals surface area contributed by atoms with Crippen LogP contribution in [0.15, 0.2) is 4.99 Å². The third-order valence-electron chi connectivity index (χ3n) is 4.03. The lowest BCUT2D eigenvalue weighted by Gasteiger charge is -2.28. The Labute approximate surface area is 157 Å². The SMILES string of the molecule is CCNC(=NCC(OC)C(C)(C)C)NCCS(=O)(=O)N1CCSCC1. The van der Waals surface area contributed by atoms with E-state index in [9.17, 15) is 8.42 Å². The number of nitrogens with zero attached hydrogens (tertiary/aromatic N) is 2. The second-order valence-corrected chi connectivity index (χ2v) is 10.4. The van der Waals surface area contributed by atoms with Gasteiger partial charge in [-0.2, -0.15) is 11.8 Å². The molecule has 1 heterocycles. The van der Waals surface area contributed by atoms with Crippen LogP contribution in [-0.2, 0) is 14.8 Å². The van der Waals surface area contributed by atoms with Crippen molar-refractivity contribution in [2.75, 3.05) is 57.1 Å². The van der Waals surface area contributed by atoms with Gasteiger partial charge in [0.15, 0.2) is 5.96 Å². The van der Waals surface area contributed by atoms with Crippen LogP contribution in [0.5, 0.6) is 0 Å². The quantitative estimate of drug-likeness (QED) is 0.472. The molecule has 0 saturated carbocycles. The van der Waals surface area contributed by atoms with E-state index in [2.05, 4.69) is 36.4 Å². The van der Waals surface area contributed by atoms with E-state index in [-0.39, 0.29) is 17.3 Å². The average Bonchev–Trinajstić information content (AvgIpc) is 2.54. The fourth-order valence-corrected chi connectivity index (χ4v) is 4.96. The van der Waals surface area contributed by atoms with Gasteiger partial charge in [0.2, 0.25) is 10.0 Å². The summed E-state index contributed by atoms with van der Waals surface area (Å²) in [6, 6.07) is 0. The van der Waals surface area contributed by atoms with Gasteiger partial charge >= 0.3 is 0 Å². The molecule has 1 aliphatic rings. The highest BCUT2D eigenvalue weighted by molar-refractivity contribution is 7.99. The van der Waals surface area contributed by atoms with E-state index < -0.39 is 10.0 Å². The van der Waals surface area contributed by atoms with E-state index >= 15 is 0 Å². The molecule has 0 bridgehead atoms. The van der Waals surface area contributed by atoms with Crippen molar-refractivity contribution in [1.29, 1.82) is 0 Å². The first-order valence-electron chi connectivity index (χ1n) is 8.81. The van der Waals surface area contributed by atoms with Gasteiger partial charge in [-0.1, -0.05) is 20.8 Å². The Morgan fingerprint density at radius 1 is 1.28 bits per heavy atom. The van der Waals surface area contributed by atoms with E-state index in [1.807, 2.05) is 6.92 Å². The number of aliphatic imine (C=N–C) groups is 1. The highest BCUT2D eigenvalue weighted by Gasteiger charge is 2.25. The van der Waals surface area contributed by atoms with E-state index in [1.54, 1.807) is 23.2 Å². The minimum absolute atomic E-state index is 0.00228. The number of hydrogen-bond acceptors (Lipinski definition) is 5. The second kappa shape index (κ2) is 10.6. The normalized spacial score (nSPS) is 18.8. The van der Waals surface area contributed by atoms with Crippen LogP contribution in [0, 0.1) is 5.41 Å². The number of guanidine groups is 1. The summed E-state index contributed by atoms with van der Waals surface area (Å²) in [5.41, 5.74) is -0.00874. The van der Waals surface area contributed by atoms with Gasteiger partial charge < -0.3 is 15.4 Å². The van der Waals surface area contributed by atoms with Gasteiger partial charge in [0.1, 0.15) is 0 Å². The first-order chi connectivity index (χ1) is 11.7. The zero-order valence-electron chi connectivity index (χ0n) is 16.2. The summed E-state index contributed by atoms with van der Waals surface area (Å²) >= 11 is 1.80. The fourth-order valence-electron chi connectivity index (χ4n) is 2.47. The molecule has 9 heteroatoms. The molecule has 0 aromatic heterocycles. The van der Waals surface area contributed by atoms with E-state index in [0.29, 0.717) is 32.1 Å². The number of sulfonamides is 1. The van der Waals surface area contributed by atoms with Crippen LogP contribution in [0.4, 0.5) is 0 Å². The predicted molar refractivity (Wildman–Crippen MR) is 107 cm³/mol. The molecule has 7 nitrogen and oxygen atoms in total. The Morgan fingerprint density at radius 2 is 1.92 bits per heavy atom. The van der Waals surface area contributed by atoms with Gasteiger partial charge in [0.05, 0.1) is 18.4 Å². The van der Waals surface area contributed by atoms with E-state index in [4.69, 9.17) is 4.74 Å². The lowest BCUT2D eigenvalue weighted by Crippen LogP contribution is -2.44. The van der Waals surface area contributed by atoms with Crippen molar-refractivity contribution in [3.8, 4) is 0 Å². The van der Waals surface area contributed by atoms with Gasteiger partial charge in [-0.15, -0.1) is 0 Å². The van der Waals surface area contributed by atoms with E-state index in [1.165, 1.54) is 0 Å². The topological polar surface area (TPSA) is 83.0 Å². The highest BCUT2D eigenvalue weighted by atomic mass is 32.2. The molecule has 1 aliphatic heterocycles. The maximum Gasteiger partial charge on any atom is 0.215 e. The Kier molecular flexibility index (Phi) is 9.55. The molecule has 25 heavy (non-hydrogen) atoms. The van der Waals surface area contributed by atoms with Gasteiger partial charge in [-0.25, -0.2) is 12.7 Å². The molecular formula is C16H34N4O3S2. The van der Waals surface area contributed by atoms with Crippen molar-refractivity contribution in [3.63, 3.8) is 0 Å². The zero-order chi connectivity index (χ0) is 18.9. The number of rotatable bonds is 8. The average molecular weight is 395 g/mol. The van der Waals surface area contributed by atoms with Gasteiger partial charge in [0, 0.05) is 44.8 Å². The number of hydrogen-bond donors (Lipinski definition) is 2. The minimum Gasteiger partial charge on any atom is -0.379 e. The summed E-state index contributed by atoms with van der Waals surface area (Å²) in [6.07, 6.45) is -0.00228. The molecular weight excluding hydrogens is 360 g/mol. The van der Waals surface area contributed by atoms with Crippen LogP contribution in [-0.4, -0.2) is 81.9 Å². The van der Waals surface area contributed by atoms with Crippen molar-refractivity contribution in [2.45, 2.75) is 33.8 Å². The molecule has 0 amide bonds. The minimum atomic E-state index is -3.20. The smallest absolute Gasteiger partial charge is 0.215 e. The Bertz CT molecular complexity index is 512. The van der Waals surface area contributed by atoms with Crippen molar-refractivity contribution in [3.05, 3.63) is 0 Å². The monoisotopic (exact) mass is 394 g/mol. The number of thioether (sulfide) groups is 1. The van der Waals surface area contributed by atoms with Crippen LogP contribution in [0.1, 0.15) is 27.7 Å². The van der Waals surface area contributed by atoms with Crippen LogP contribution in [0.25, 0.3) is 0 Å². The molecule has 0 aliphatic carbocycles. The molecule has 1 atom stereocenters. The van der Waals surface area contributed by atoms with Crippen LogP contribution in [0.3, 0.4) is 0 Å². The number of ether oxygens (including phenoxy) is 1. The van der Waals surface area contributed by atoms with Crippen molar-refractivity contribution >= 4 is 27.7 Å². The largest absolute Gasteiger partial charge is 0.379 e. The van der Waals surface area contributed by atoms with Gasteiger partial charge in [0.25, 0.3) is 0 Å². The third-order valence-corrected chi connectivity index (χ3v) is 6.84. The number of methoxy groups -OCH3 is 1. The Balaban J connectivity index is 2.55. The van der Waals surface area contributed by atoms with Crippen molar-refractivity contribution in [1.82, 2.24) is 14.9 Å². The maximum atomic E-state index is 12.4. The fraction of sp³-hybridized carbons (Fsp3) is 0.938. The second-order valence-electron chi connectivity index (χ2n) is 7.06. The summed E-state index contributed by atoms with van der Waals surface area (Å²) in [4.78, 5) is 4.54. The Hall–Kier alpha value is -0.510. The molecule has 0 aromatic carbocycles. The molecule has 1 saturated heterocycles. The lowest BCUT2D eigenvalue weighted by molar-refractivity contribution is 0.0241. The molecule has 0 spiro atoms. The maximum absolute atomic E-state index is 12.4. The third kappa shape index (κ3) is 8.15. The van der Waals surface area contributed by atoms with Crippen LogP contribution < -0.4 is 10.6 Å². The molecule has 1 unspecified atom stereocenters. The van der Waals surface area contributed by atoms with Crippen molar-refractivity contribution < 1.29 is 13.2 Å². The first-order valence-corrected chi connectivity index (χ1v) is 11.6. The molecule has 0 aromatic rings. The highest BCUT2D eigenvalue weighted by Crippen LogP contribution is 2.21. The predicted octanol–water partition coefficient (Wildman–Crippen LogP) is 0.981. The molecule has 1 fully saturated rings. The Morgan fingerprint density at radius 3 is 2.44 bits per heavy atom. The molecule has 0 radical (unpaired) electrons. The summed E-state index contributed by atoms with van der Waals surface area (Å²) in [5, 5.41) is 6.27. The van der Waals surface area contributed by atoms with Gasteiger partial charge in [-0.3, -0.25) is 4.99 Å². The summed E-state index contributed by atoms with van der Waals surface area (Å²) in [5.74, 6) is 2.46. The van der Waals surface area contributed by atoms with Crippen LogP contribution in [0.2, 0.25) is 0 Å². The summed E-state index contributed by atoms with van der Waals surface area (Å²) < 4.78 is 31.8. The van der Waals surface area contributed by atoms with Crippen molar-refractivity contribution in [2.24, 2.45) is 10.4 Å². The number of nitrogens with one attached hydrogen (secondary N) is 2. The standard InChI is InChI=1S/C16H34N4O3S2/c1-6-17-15(19-13-14(23-5)16(2,3)4)18-7-12-25(21,22)20-8-10-24-11-9-20/h14H,6-13H2,1-5H3,(H2,17,18,19). The van der Waals surface area contributed by atoms with E-state index in [0.717, 1.165) is 18.1 Å². The first kappa shape index (κ1) is 22.5.